The number of benzene rings is 3. The maximum absolute atomic E-state index is 15.0. The van der Waals surface area contributed by atoms with Crippen molar-refractivity contribution in [3.05, 3.63) is 83.7 Å². The predicted molar refractivity (Wildman–Crippen MR) is 140 cm³/mol. The van der Waals surface area contributed by atoms with E-state index in [1.54, 1.807) is 6.07 Å². The summed E-state index contributed by atoms with van der Waals surface area (Å²) in [5, 5.41) is 0. The molecule has 0 N–H and O–H groups in total. The molecule has 1 aliphatic rings. The van der Waals surface area contributed by atoms with Crippen molar-refractivity contribution in [1.29, 1.82) is 0 Å². The highest BCUT2D eigenvalue weighted by molar-refractivity contribution is 5.71. The minimum Gasteiger partial charge on any atom is -0.206 e. The van der Waals surface area contributed by atoms with E-state index in [1.807, 2.05) is 6.07 Å². The molecule has 3 aromatic carbocycles. The van der Waals surface area contributed by atoms with E-state index < -0.39 is 0 Å². The Morgan fingerprint density at radius 1 is 0.697 bits per heavy atom. The molecule has 0 amide bonds. The zero-order valence-electron chi connectivity index (χ0n) is 20.5. The van der Waals surface area contributed by atoms with Gasteiger partial charge in [-0.1, -0.05) is 100 Å². The summed E-state index contributed by atoms with van der Waals surface area (Å²) in [4.78, 5) is 0. The quantitative estimate of drug-likeness (QED) is 0.309. The summed E-state index contributed by atoms with van der Waals surface area (Å²) in [5.74, 6) is 1.48. The summed E-state index contributed by atoms with van der Waals surface area (Å²) in [7, 11) is 0. The molecular formula is C32H39F. The molecule has 4 rings (SSSR count). The molecule has 0 atom stereocenters. The Labute approximate surface area is 200 Å². The Hall–Kier alpha value is -2.41. The molecule has 1 fully saturated rings. The van der Waals surface area contributed by atoms with Crippen LogP contribution in [0.15, 0.2) is 66.7 Å². The third-order valence-electron chi connectivity index (χ3n) is 7.58. The first-order valence-electron chi connectivity index (χ1n) is 13.2. The van der Waals surface area contributed by atoms with Crippen LogP contribution in [0.1, 0.15) is 88.7 Å². The van der Waals surface area contributed by atoms with E-state index in [2.05, 4.69) is 68.4 Å². The van der Waals surface area contributed by atoms with Crippen LogP contribution >= 0.6 is 0 Å². The van der Waals surface area contributed by atoms with Crippen LogP contribution in [0, 0.1) is 11.7 Å². The first-order chi connectivity index (χ1) is 16.2. The van der Waals surface area contributed by atoms with Gasteiger partial charge >= 0.3 is 0 Å². The van der Waals surface area contributed by atoms with Crippen LogP contribution in [0.25, 0.3) is 22.3 Å². The topological polar surface area (TPSA) is 0 Å². The average molecular weight is 443 g/mol. The van der Waals surface area contributed by atoms with Gasteiger partial charge in [0.05, 0.1) is 0 Å². The lowest BCUT2D eigenvalue weighted by Crippen LogP contribution is -2.13. The molecule has 0 heterocycles. The highest BCUT2D eigenvalue weighted by Crippen LogP contribution is 2.38. The minimum absolute atomic E-state index is 0.150. The van der Waals surface area contributed by atoms with Crippen molar-refractivity contribution in [2.45, 2.75) is 84.0 Å². The Morgan fingerprint density at radius 3 is 1.97 bits per heavy atom. The fourth-order valence-electron chi connectivity index (χ4n) is 5.39. The molecule has 0 nitrogen and oxygen atoms in total. The molecule has 3 aromatic rings. The number of hydrogen-bond donors (Lipinski definition) is 0. The lowest BCUT2D eigenvalue weighted by Gasteiger charge is -2.29. The first-order valence-corrected chi connectivity index (χ1v) is 13.2. The van der Waals surface area contributed by atoms with Gasteiger partial charge in [0, 0.05) is 5.56 Å². The second-order valence-corrected chi connectivity index (χ2v) is 9.98. The summed E-state index contributed by atoms with van der Waals surface area (Å²) in [6.07, 6.45) is 13.0. The SMILES string of the molecule is CCCCc1ccc(-c2ccc(-c3ccc(C4CCC(CCCC)CC4)cc3)cc2F)cc1. The van der Waals surface area contributed by atoms with Gasteiger partial charge in [0.25, 0.3) is 0 Å². The van der Waals surface area contributed by atoms with Crippen LogP contribution in [0.5, 0.6) is 0 Å². The van der Waals surface area contributed by atoms with Gasteiger partial charge in [-0.05, 0) is 84.2 Å². The van der Waals surface area contributed by atoms with Crippen LogP contribution in [0.3, 0.4) is 0 Å². The number of rotatable bonds is 9. The Kier molecular flexibility index (Phi) is 8.37. The maximum atomic E-state index is 15.0. The third-order valence-corrected chi connectivity index (χ3v) is 7.58. The predicted octanol–water partition coefficient (Wildman–Crippen LogP) is 9.97. The average Bonchev–Trinajstić information content (AvgIpc) is 2.87. The molecular weight excluding hydrogens is 403 g/mol. The molecule has 0 bridgehead atoms. The number of unbranched alkanes of at least 4 members (excludes halogenated alkanes) is 2. The van der Waals surface area contributed by atoms with Crippen molar-refractivity contribution in [1.82, 2.24) is 0 Å². The van der Waals surface area contributed by atoms with Crippen molar-refractivity contribution in [3.8, 4) is 22.3 Å². The van der Waals surface area contributed by atoms with Gasteiger partial charge < -0.3 is 0 Å². The summed E-state index contributed by atoms with van der Waals surface area (Å²) in [6.45, 7) is 4.50. The van der Waals surface area contributed by atoms with Crippen molar-refractivity contribution in [2.75, 3.05) is 0 Å². The molecule has 0 aromatic heterocycles. The molecule has 1 aliphatic carbocycles. The van der Waals surface area contributed by atoms with Crippen LogP contribution in [-0.2, 0) is 6.42 Å². The maximum Gasteiger partial charge on any atom is 0.131 e. The van der Waals surface area contributed by atoms with Gasteiger partial charge in [-0.25, -0.2) is 4.39 Å². The molecule has 0 unspecified atom stereocenters. The summed E-state index contributed by atoms with van der Waals surface area (Å²) >= 11 is 0. The van der Waals surface area contributed by atoms with Crippen LogP contribution in [0.4, 0.5) is 4.39 Å². The van der Waals surface area contributed by atoms with Crippen molar-refractivity contribution in [2.24, 2.45) is 5.92 Å². The molecule has 33 heavy (non-hydrogen) atoms. The van der Waals surface area contributed by atoms with E-state index in [-0.39, 0.29) is 5.82 Å². The first kappa shape index (κ1) is 23.7. The Balaban J connectivity index is 1.41. The molecule has 1 saturated carbocycles. The van der Waals surface area contributed by atoms with Gasteiger partial charge in [0.15, 0.2) is 0 Å². The standard InChI is InChI=1S/C32H39F/c1-3-5-7-24-9-13-26(14-10-24)27-17-19-28(20-18-27)30-21-22-31(32(33)23-30)29-15-11-25(12-16-29)8-6-4-2/h11-12,15-24,26H,3-10,13-14H2,1-2H3. The Morgan fingerprint density at radius 2 is 1.33 bits per heavy atom. The molecule has 0 aliphatic heterocycles. The summed E-state index contributed by atoms with van der Waals surface area (Å²) < 4.78 is 15.0. The highest BCUT2D eigenvalue weighted by atomic mass is 19.1. The van der Waals surface area contributed by atoms with E-state index in [4.69, 9.17) is 0 Å². The van der Waals surface area contributed by atoms with Gasteiger partial charge in [-0.2, -0.15) is 0 Å². The van der Waals surface area contributed by atoms with Crippen LogP contribution < -0.4 is 0 Å². The van der Waals surface area contributed by atoms with E-state index in [9.17, 15) is 0 Å². The van der Waals surface area contributed by atoms with E-state index in [0.29, 0.717) is 11.5 Å². The zero-order chi connectivity index (χ0) is 23.0. The molecule has 0 saturated heterocycles. The molecule has 174 valence electrons. The molecule has 1 heteroatoms. The Bertz CT molecular complexity index is 992. The summed E-state index contributed by atoms with van der Waals surface area (Å²) in [6, 6.07) is 22.9. The third kappa shape index (κ3) is 6.14. The van der Waals surface area contributed by atoms with Gasteiger partial charge in [-0.3, -0.25) is 0 Å². The largest absolute Gasteiger partial charge is 0.206 e. The monoisotopic (exact) mass is 442 g/mol. The van der Waals surface area contributed by atoms with Crippen LogP contribution in [-0.4, -0.2) is 0 Å². The van der Waals surface area contributed by atoms with E-state index >= 15 is 4.39 Å². The number of hydrogen-bond acceptors (Lipinski definition) is 0. The highest BCUT2D eigenvalue weighted by Gasteiger charge is 2.22. The number of aryl methyl sites for hydroxylation is 1. The van der Waals surface area contributed by atoms with Crippen molar-refractivity contribution >= 4 is 0 Å². The second kappa shape index (κ2) is 11.6. The fraction of sp³-hybridized carbons (Fsp3) is 0.438. The molecule has 0 spiro atoms. The van der Waals surface area contributed by atoms with Gasteiger partial charge in [0.1, 0.15) is 5.82 Å². The minimum atomic E-state index is -0.150. The lowest BCUT2D eigenvalue weighted by molar-refractivity contribution is 0.304. The fourth-order valence-corrected chi connectivity index (χ4v) is 5.39. The smallest absolute Gasteiger partial charge is 0.131 e. The lowest BCUT2D eigenvalue weighted by atomic mass is 9.77. The van der Waals surface area contributed by atoms with Crippen molar-refractivity contribution < 1.29 is 4.39 Å². The zero-order valence-corrected chi connectivity index (χ0v) is 20.5. The van der Waals surface area contributed by atoms with Gasteiger partial charge in [0.2, 0.25) is 0 Å². The van der Waals surface area contributed by atoms with Crippen LogP contribution in [0.2, 0.25) is 0 Å². The van der Waals surface area contributed by atoms with E-state index in [0.717, 1.165) is 29.0 Å². The van der Waals surface area contributed by atoms with E-state index in [1.165, 1.54) is 68.9 Å². The number of halogens is 1. The molecule has 0 radical (unpaired) electrons. The second-order valence-electron chi connectivity index (χ2n) is 9.98. The summed E-state index contributed by atoms with van der Waals surface area (Å²) in [5.41, 5.74) is 6.45. The van der Waals surface area contributed by atoms with Gasteiger partial charge in [-0.15, -0.1) is 0 Å². The van der Waals surface area contributed by atoms with Crippen molar-refractivity contribution in [3.63, 3.8) is 0 Å². The normalized spacial score (nSPS) is 18.4.